The van der Waals surface area contributed by atoms with Gasteiger partial charge in [-0.15, -0.1) is 17.9 Å². The van der Waals surface area contributed by atoms with Crippen LogP contribution >= 0.6 is 11.3 Å². The van der Waals surface area contributed by atoms with Crippen molar-refractivity contribution in [2.45, 2.75) is 38.8 Å². The number of aliphatic hydroxyl groups excluding tert-OH is 1. The molecule has 2 aromatic rings. The van der Waals surface area contributed by atoms with E-state index in [-0.39, 0.29) is 12.2 Å². The molecule has 160 valence electrons. The predicted octanol–water partition coefficient (Wildman–Crippen LogP) is 2.12. The van der Waals surface area contributed by atoms with E-state index in [1.165, 1.54) is 10.4 Å². The van der Waals surface area contributed by atoms with Gasteiger partial charge in [-0.3, -0.25) is 9.69 Å². The molecule has 0 aliphatic heterocycles. The summed E-state index contributed by atoms with van der Waals surface area (Å²) in [6, 6.07) is 0. The van der Waals surface area contributed by atoms with Crippen LogP contribution in [0.1, 0.15) is 29.6 Å². The van der Waals surface area contributed by atoms with E-state index in [1.54, 1.807) is 24.5 Å². The molecule has 7 nitrogen and oxygen atoms in total. The number of hydrogen-bond donors (Lipinski definition) is 2. The third kappa shape index (κ3) is 5.73. The number of hydrogen-bond acceptors (Lipinski definition) is 7. The van der Waals surface area contributed by atoms with Crippen molar-refractivity contribution in [2.24, 2.45) is 5.92 Å². The van der Waals surface area contributed by atoms with Crippen molar-refractivity contribution in [3.63, 3.8) is 0 Å². The Labute approximate surface area is 175 Å². The Hall–Kier alpha value is -1.58. The molecule has 3 rings (SSSR count). The number of aliphatic hydroxyl groups is 1. The summed E-state index contributed by atoms with van der Waals surface area (Å²) in [5.41, 5.74) is 1.13. The van der Waals surface area contributed by atoms with Crippen LogP contribution in [0.15, 0.2) is 17.4 Å². The molecule has 0 saturated heterocycles. The summed E-state index contributed by atoms with van der Waals surface area (Å²) in [6.07, 6.45) is 4.12. The van der Waals surface area contributed by atoms with Crippen molar-refractivity contribution in [1.82, 2.24) is 14.9 Å². The van der Waals surface area contributed by atoms with Crippen molar-refractivity contribution < 1.29 is 14.6 Å². The van der Waals surface area contributed by atoms with Crippen LogP contribution in [0.4, 0.5) is 0 Å². The number of fused-ring (bicyclic) bond motifs is 3. The molecule has 2 atom stereocenters. The second kappa shape index (κ2) is 10.4. The van der Waals surface area contributed by atoms with E-state index in [9.17, 15) is 9.90 Å². The Balaban J connectivity index is 1.76. The van der Waals surface area contributed by atoms with E-state index < -0.39 is 6.10 Å². The number of rotatable bonds is 11. The number of aromatic amines is 1. The van der Waals surface area contributed by atoms with Crippen LogP contribution in [0.3, 0.4) is 0 Å². The monoisotopic (exact) mass is 421 g/mol. The van der Waals surface area contributed by atoms with Gasteiger partial charge in [0.25, 0.3) is 5.56 Å². The lowest BCUT2D eigenvalue weighted by atomic mass is 9.89. The first-order valence-electron chi connectivity index (χ1n) is 10.1. The number of H-pyrrole nitrogens is 1. The lowest BCUT2D eigenvalue weighted by molar-refractivity contribution is 0.0189. The highest BCUT2D eigenvalue weighted by Gasteiger charge is 2.23. The van der Waals surface area contributed by atoms with Crippen LogP contribution in [0, 0.1) is 5.92 Å². The maximum absolute atomic E-state index is 12.8. The van der Waals surface area contributed by atoms with E-state index in [2.05, 4.69) is 18.5 Å². The molecule has 2 heterocycles. The van der Waals surface area contributed by atoms with Gasteiger partial charge in [-0.05, 0) is 30.7 Å². The van der Waals surface area contributed by atoms with Gasteiger partial charge in [0.15, 0.2) is 0 Å². The Morgan fingerprint density at radius 1 is 1.52 bits per heavy atom. The van der Waals surface area contributed by atoms with Crippen LogP contribution in [-0.4, -0.2) is 66.1 Å². The van der Waals surface area contributed by atoms with Gasteiger partial charge < -0.3 is 19.6 Å². The number of thiophene rings is 1. The maximum Gasteiger partial charge on any atom is 0.259 e. The molecule has 0 saturated carbocycles. The summed E-state index contributed by atoms with van der Waals surface area (Å²) >= 11 is 1.65. The summed E-state index contributed by atoms with van der Waals surface area (Å²) in [4.78, 5) is 24.7. The molecular weight excluding hydrogens is 390 g/mol. The number of nitrogens with zero attached hydrogens (tertiary/aromatic N) is 2. The largest absolute Gasteiger partial charge is 0.389 e. The normalized spacial score (nSPS) is 17.6. The van der Waals surface area contributed by atoms with Gasteiger partial charge >= 0.3 is 0 Å². The third-order valence-electron chi connectivity index (χ3n) is 5.21. The number of ether oxygens (including phenoxy) is 2. The molecule has 0 bridgehead atoms. The second-order valence-electron chi connectivity index (χ2n) is 7.75. The van der Waals surface area contributed by atoms with Gasteiger partial charge in [0.05, 0.1) is 37.9 Å². The van der Waals surface area contributed by atoms with Crippen molar-refractivity contribution >= 4 is 21.6 Å². The second-order valence-corrected chi connectivity index (χ2v) is 8.84. The van der Waals surface area contributed by atoms with Gasteiger partial charge in [-0.25, -0.2) is 4.98 Å². The van der Waals surface area contributed by atoms with Gasteiger partial charge in [-0.1, -0.05) is 13.0 Å². The molecule has 0 aromatic carbocycles. The topological polar surface area (TPSA) is 87.7 Å². The standard InChI is InChI=1S/C21H31N3O4S/c1-4-8-28-13-15(25)11-24(7-9-27-3)12-18-22-20(26)19-16-6-5-14(2)10-17(16)29-21(19)23-18/h4,14-15,25H,1,5-13H2,2-3H3,(H,22,23,26)/t14-,15-/m0/s1. The smallest absolute Gasteiger partial charge is 0.259 e. The lowest BCUT2D eigenvalue weighted by Crippen LogP contribution is -2.37. The molecule has 0 amide bonds. The van der Waals surface area contributed by atoms with Crippen molar-refractivity contribution in [1.29, 1.82) is 0 Å². The first-order valence-corrected chi connectivity index (χ1v) is 10.9. The van der Waals surface area contributed by atoms with Gasteiger partial charge in [0.2, 0.25) is 0 Å². The van der Waals surface area contributed by atoms with Gasteiger partial charge in [0, 0.05) is 25.1 Å². The summed E-state index contributed by atoms with van der Waals surface area (Å²) in [5, 5.41) is 11.0. The molecule has 8 heteroatoms. The fourth-order valence-electron chi connectivity index (χ4n) is 3.77. The number of nitrogens with one attached hydrogen (secondary N) is 1. The lowest BCUT2D eigenvalue weighted by Gasteiger charge is -2.24. The average molecular weight is 422 g/mol. The molecular formula is C21H31N3O4S. The van der Waals surface area contributed by atoms with Crippen LogP contribution in [0.2, 0.25) is 0 Å². The molecule has 1 aliphatic carbocycles. The minimum atomic E-state index is -0.641. The van der Waals surface area contributed by atoms with Crippen molar-refractivity contribution in [3.8, 4) is 0 Å². The summed E-state index contributed by atoms with van der Waals surface area (Å²) in [6.45, 7) is 8.48. The van der Waals surface area contributed by atoms with E-state index in [4.69, 9.17) is 14.5 Å². The Morgan fingerprint density at radius 2 is 2.34 bits per heavy atom. The zero-order valence-corrected chi connectivity index (χ0v) is 18.1. The molecule has 1 aliphatic rings. The first kappa shape index (κ1) is 22.1. The molecule has 0 spiro atoms. The number of methoxy groups -OCH3 is 1. The van der Waals surface area contributed by atoms with E-state index in [1.807, 2.05) is 4.90 Å². The van der Waals surface area contributed by atoms with Crippen LogP contribution in [0.5, 0.6) is 0 Å². The number of aromatic nitrogens is 2. The average Bonchev–Trinajstić information content (AvgIpc) is 3.03. The van der Waals surface area contributed by atoms with E-state index in [0.717, 1.165) is 29.5 Å². The summed E-state index contributed by atoms with van der Waals surface area (Å²) < 4.78 is 10.5. The molecule has 2 aromatic heterocycles. The molecule has 0 radical (unpaired) electrons. The minimum Gasteiger partial charge on any atom is -0.389 e. The van der Waals surface area contributed by atoms with Gasteiger partial charge in [0.1, 0.15) is 10.7 Å². The number of aryl methyl sites for hydroxylation is 1. The van der Waals surface area contributed by atoms with Crippen molar-refractivity contribution in [3.05, 3.63) is 39.3 Å². The SMILES string of the molecule is C=CCOC[C@@H](O)CN(CCOC)Cc1nc2sc3c(c2c(=O)[nH]1)CC[C@H](C)C3. The summed E-state index contributed by atoms with van der Waals surface area (Å²) in [7, 11) is 1.64. The molecule has 0 unspecified atom stereocenters. The zero-order valence-electron chi connectivity index (χ0n) is 17.3. The highest BCUT2D eigenvalue weighted by atomic mass is 32.1. The fraction of sp³-hybridized carbons (Fsp3) is 0.619. The molecule has 0 fully saturated rings. The van der Waals surface area contributed by atoms with Crippen LogP contribution in [0.25, 0.3) is 10.2 Å². The van der Waals surface area contributed by atoms with Gasteiger partial charge in [-0.2, -0.15) is 0 Å². The van der Waals surface area contributed by atoms with Crippen LogP contribution in [-0.2, 0) is 28.9 Å². The Morgan fingerprint density at radius 3 is 3.10 bits per heavy atom. The highest BCUT2D eigenvalue weighted by Crippen LogP contribution is 2.35. The molecule has 2 N–H and O–H groups in total. The highest BCUT2D eigenvalue weighted by molar-refractivity contribution is 7.18. The molecule has 29 heavy (non-hydrogen) atoms. The summed E-state index contributed by atoms with van der Waals surface area (Å²) in [5.74, 6) is 1.27. The quantitative estimate of drug-likeness (QED) is 0.427. The van der Waals surface area contributed by atoms with Crippen LogP contribution < -0.4 is 5.56 Å². The van der Waals surface area contributed by atoms with E-state index >= 15 is 0 Å². The van der Waals surface area contributed by atoms with Crippen molar-refractivity contribution in [2.75, 3.05) is 40.0 Å². The first-order chi connectivity index (χ1) is 14.0. The maximum atomic E-state index is 12.8. The fourth-order valence-corrected chi connectivity index (χ4v) is 5.18. The predicted molar refractivity (Wildman–Crippen MR) is 116 cm³/mol. The Bertz CT molecular complexity index is 879. The Kier molecular flexibility index (Phi) is 7.97. The zero-order chi connectivity index (χ0) is 20.8. The van der Waals surface area contributed by atoms with E-state index in [0.29, 0.717) is 44.6 Å². The third-order valence-corrected chi connectivity index (χ3v) is 6.36. The minimum absolute atomic E-state index is 0.0568.